The van der Waals surface area contributed by atoms with Gasteiger partial charge >= 0.3 is 0 Å². The second-order valence-electron chi connectivity index (χ2n) is 9.73. The zero-order chi connectivity index (χ0) is 29.3. The van der Waals surface area contributed by atoms with Gasteiger partial charge in [0.25, 0.3) is 0 Å². The van der Waals surface area contributed by atoms with Gasteiger partial charge in [0, 0.05) is 37.7 Å². The van der Waals surface area contributed by atoms with Crippen LogP contribution in [0, 0.1) is 0 Å². The molecule has 0 aliphatic carbocycles. The summed E-state index contributed by atoms with van der Waals surface area (Å²) in [5, 5.41) is 7.31. The van der Waals surface area contributed by atoms with Gasteiger partial charge in [0.15, 0.2) is 5.75 Å². The van der Waals surface area contributed by atoms with Crippen LogP contribution < -0.4 is 20.1 Å². The molecule has 0 saturated carbocycles. The number of carbonyl (C=O) groups is 1. The smallest absolute Gasteiger partial charge is 0.248 e. The first-order valence-corrected chi connectivity index (χ1v) is 14.1. The molecule has 0 radical (unpaired) electrons. The third kappa shape index (κ3) is 7.14. The van der Waals surface area contributed by atoms with Gasteiger partial charge in [0.2, 0.25) is 5.91 Å². The number of nitrogens with one attached hydrogen (secondary N) is 2. The van der Waals surface area contributed by atoms with Gasteiger partial charge in [0.1, 0.15) is 24.5 Å². The molecule has 10 nitrogen and oxygen atoms in total. The molecule has 3 heterocycles. The number of amides is 1. The minimum atomic E-state index is -0.245. The molecule has 1 saturated heterocycles. The van der Waals surface area contributed by atoms with Crippen LogP contribution in [0.25, 0.3) is 10.9 Å². The molecule has 42 heavy (non-hydrogen) atoms. The van der Waals surface area contributed by atoms with E-state index >= 15 is 0 Å². The Hall–Kier alpha value is -4.25. The molecule has 2 aromatic heterocycles. The van der Waals surface area contributed by atoms with Crippen LogP contribution >= 0.6 is 11.6 Å². The number of methoxy groups -OCH3 is 2. The van der Waals surface area contributed by atoms with Crippen molar-refractivity contribution in [3.05, 3.63) is 83.9 Å². The average Bonchev–Trinajstić information content (AvgIpc) is 3.46. The molecule has 5 rings (SSSR count). The molecule has 1 aliphatic rings. The Morgan fingerprint density at radius 3 is 2.83 bits per heavy atom. The lowest BCUT2D eigenvalue weighted by Crippen LogP contribution is -2.31. The van der Waals surface area contributed by atoms with Crippen LogP contribution in [0.1, 0.15) is 18.5 Å². The maximum Gasteiger partial charge on any atom is 0.248 e. The molecule has 1 unspecified atom stereocenters. The minimum absolute atomic E-state index is 0.215. The number of ether oxygens (including phenoxy) is 3. The lowest BCUT2D eigenvalue weighted by atomic mass is 10.1. The quantitative estimate of drug-likeness (QED) is 0.204. The predicted octanol–water partition coefficient (Wildman–Crippen LogP) is 5.61. The lowest BCUT2D eigenvalue weighted by Gasteiger charge is -2.21. The van der Waals surface area contributed by atoms with Gasteiger partial charge in [0.05, 0.1) is 41.0 Å². The molecule has 2 aromatic carbocycles. The fraction of sp³-hybridized carbons (Fsp3) is 0.290. The number of benzene rings is 2. The van der Waals surface area contributed by atoms with Crippen LogP contribution in [0.15, 0.2) is 73.2 Å². The third-order valence-corrected chi connectivity index (χ3v) is 7.28. The topological polar surface area (TPSA) is 111 Å². The second kappa shape index (κ2) is 14.1. The van der Waals surface area contributed by atoms with Crippen LogP contribution in [0.2, 0.25) is 5.02 Å². The van der Waals surface area contributed by atoms with E-state index in [1.54, 1.807) is 44.7 Å². The van der Waals surface area contributed by atoms with Crippen molar-refractivity contribution in [2.45, 2.75) is 25.5 Å². The molecule has 1 amide bonds. The van der Waals surface area contributed by atoms with E-state index in [2.05, 4.69) is 30.5 Å². The van der Waals surface area contributed by atoms with Crippen molar-refractivity contribution in [2.75, 3.05) is 44.5 Å². The van der Waals surface area contributed by atoms with Gasteiger partial charge in [-0.3, -0.25) is 14.7 Å². The molecule has 218 valence electrons. The minimum Gasteiger partial charge on any atom is -0.494 e. The summed E-state index contributed by atoms with van der Waals surface area (Å²) in [6.45, 7) is 2.81. The highest BCUT2D eigenvalue weighted by molar-refractivity contribution is 6.32. The van der Waals surface area contributed by atoms with Crippen LogP contribution in [-0.4, -0.2) is 65.7 Å². The monoisotopic (exact) mass is 588 g/mol. The molecule has 11 heteroatoms. The van der Waals surface area contributed by atoms with Gasteiger partial charge in [-0.1, -0.05) is 23.7 Å². The molecule has 0 spiro atoms. The van der Waals surface area contributed by atoms with E-state index in [1.807, 2.05) is 36.4 Å². The Morgan fingerprint density at radius 1 is 1.14 bits per heavy atom. The van der Waals surface area contributed by atoms with E-state index in [4.69, 9.17) is 25.8 Å². The summed E-state index contributed by atoms with van der Waals surface area (Å²) < 4.78 is 16.8. The predicted molar refractivity (Wildman–Crippen MR) is 164 cm³/mol. The fourth-order valence-corrected chi connectivity index (χ4v) is 5.16. The number of hydrogen-bond donors (Lipinski definition) is 2. The number of pyridine rings is 1. The maximum atomic E-state index is 12.9. The number of hydrogen-bond acceptors (Lipinski definition) is 9. The van der Waals surface area contributed by atoms with E-state index in [0.717, 1.165) is 31.6 Å². The Kier molecular flexibility index (Phi) is 9.81. The van der Waals surface area contributed by atoms with E-state index in [0.29, 0.717) is 57.8 Å². The standard InChI is InChI=1S/C31H33ClN6O4/c1-40-17-16-38-15-5-7-23(38)9-13-28(39)37-26-11-10-25-29(30(26)41-2)31(35-20-34-25)36-21-8-12-27(24(32)18-21)42-19-22-6-3-4-14-33-22/h3-4,6,8-14,18,20,23H,5,7,15-17,19H2,1-2H3,(H,37,39)(H,34,35,36). The molecular formula is C31H33ClN6O4. The van der Waals surface area contributed by atoms with Crippen molar-refractivity contribution in [1.82, 2.24) is 19.9 Å². The van der Waals surface area contributed by atoms with Crippen molar-refractivity contribution in [1.29, 1.82) is 0 Å². The summed E-state index contributed by atoms with van der Waals surface area (Å²) in [5.74, 6) is 1.24. The first-order chi connectivity index (χ1) is 20.6. The van der Waals surface area contributed by atoms with Crippen LogP contribution in [0.4, 0.5) is 17.2 Å². The van der Waals surface area contributed by atoms with Crippen molar-refractivity contribution in [2.24, 2.45) is 0 Å². The summed E-state index contributed by atoms with van der Waals surface area (Å²) in [6.07, 6.45) is 8.83. The highest BCUT2D eigenvalue weighted by atomic mass is 35.5. The van der Waals surface area contributed by atoms with Gasteiger partial charge in [-0.15, -0.1) is 0 Å². The Labute approximate surface area is 249 Å². The first-order valence-electron chi connectivity index (χ1n) is 13.7. The highest BCUT2D eigenvalue weighted by Crippen LogP contribution is 2.38. The molecule has 4 aromatic rings. The van der Waals surface area contributed by atoms with Crippen molar-refractivity contribution in [3.8, 4) is 11.5 Å². The number of carbonyl (C=O) groups excluding carboxylic acids is 1. The van der Waals surface area contributed by atoms with Gasteiger partial charge in [-0.05, 0) is 61.9 Å². The molecule has 1 fully saturated rings. The van der Waals surface area contributed by atoms with Crippen LogP contribution in [-0.2, 0) is 16.1 Å². The Balaban J connectivity index is 1.32. The van der Waals surface area contributed by atoms with Crippen LogP contribution in [0.3, 0.4) is 0 Å². The SMILES string of the molecule is COCCN1CCCC1C=CC(=O)Nc1ccc2ncnc(Nc3ccc(OCc4ccccn4)c(Cl)c3)c2c1OC. The largest absolute Gasteiger partial charge is 0.494 e. The van der Waals surface area contributed by atoms with Gasteiger partial charge < -0.3 is 24.8 Å². The number of fused-ring (bicyclic) bond motifs is 1. The Bertz CT molecular complexity index is 1550. The van der Waals surface area contributed by atoms with Gasteiger partial charge in [-0.25, -0.2) is 9.97 Å². The van der Waals surface area contributed by atoms with Crippen molar-refractivity contribution in [3.63, 3.8) is 0 Å². The zero-order valence-corrected chi connectivity index (χ0v) is 24.3. The third-order valence-electron chi connectivity index (χ3n) is 6.98. The number of likely N-dealkylation sites (tertiary alicyclic amines) is 1. The van der Waals surface area contributed by atoms with E-state index in [1.165, 1.54) is 6.33 Å². The molecular weight excluding hydrogens is 556 g/mol. The van der Waals surface area contributed by atoms with Gasteiger partial charge in [-0.2, -0.15) is 0 Å². The molecule has 2 N–H and O–H groups in total. The summed E-state index contributed by atoms with van der Waals surface area (Å²) in [5.41, 5.74) is 2.66. The summed E-state index contributed by atoms with van der Waals surface area (Å²) in [6, 6.07) is 14.8. The molecule has 1 aliphatic heterocycles. The van der Waals surface area contributed by atoms with E-state index in [-0.39, 0.29) is 11.9 Å². The number of nitrogens with zero attached hydrogens (tertiary/aromatic N) is 4. The normalized spacial score (nSPS) is 15.3. The first kappa shape index (κ1) is 29.2. The number of aromatic nitrogens is 3. The summed E-state index contributed by atoms with van der Waals surface area (Å²) in [4.78, 5) is 28.3. The van der Waals surface area contributed by atoms with E-state index < -0.39 is 0 Å². The average molecular weight is 589 g/mol. The fourth-order valence-electron chi connectivity index (χ4n) is 4.92. The summed E-state index contributed by atoms with van der Waals surface area (Å²) >= 11 is 6.53. The molecule has 1 atom stereocenters. The number of halogens is 1. The zero-order valence-electron chi connectivity index (χ0n) is 23.5. The maximum absolute atomic E-state index is 12.9. The van der Waals surface area contributed by atoms with Crippen molar-refractivity contribution < 1.29 is 19.0 Å². The second-order valence-corrected chi connectivity index (χ2v) is 10.1. The molecule has 0 bridgehead atoms. The number of anilines is 3. The number of rotatable bonds is 12. The van der Waals surface area contributed by atoms with E-state index in [9.17, 15) is 4.79 Å². The van der Waals surface area contributed by atoms with Crippen LogP contribution in [0.5, 0.6) is 11.5 Å². The summed E-state index contributed by atoms with van der Waals surface area (Å²) in [7, 11) is 3.25. The lowest BCUT2D eigenvalue weighted by molar-refractivity contribution is -0.112. The Morgan fingerprint density at radius 2 is 2.05 bits per heavy atom. The highest BCUT2D eigenvalue weighted by Gasteiger charge is 2.22. The van der Waals surface area contributed by atoms with Crippen molar-refractivity contribution >= 4 is 45.6 Å².